The molecule has 1 N–H and O–H groups in total. The summed E-state index contributed by atoms with van der Waals surface area (Å²) in [6, 6.07) is 6.38. The van der Waals surface area contributed by atoms with Gasteiger partial charge in [0.05, 0.1) is 18.4 Å². The highest BCUT2D eigenvalue weighted by Crippen LogP contribution is 2.14. The van der Waals surface area contributed by atoms with Gasteiger partial charge in [0.25, 0.3) is 0 Å². The van der Waals surface area contributed by atoms with Gasteiger partial charge in [0.2, 0.25) is 0 Å². The van der Waals surface area contributed by atoms with E-state index in [-0.39, 0.29) is 0 Å². The minimum atomic E-state index is 0.791. The first-order valence-corrected chi connectivity index (χ1v) is 6.85. The zero-order chi connectivity index (χ0) is 13.7. The summed E-state index contributed by atoms with van der Waals surface area (Å²) < 4.78 is 1.91. The van der Waals surface area contributed by atoms with E-state index in [0.717, 1.165) is 31.7 Å². The zero-order valence-electron chi connectivity index (χ0n) is 12.0. The van der Waals surface area contributed by atoms with Crippen LogP contribution in [0, 0.1) is 13.8 Å². The lowest BCUT2D eigenvalue weighted by Gasteiger charge is -2.08. The predicted octanol–water partition coefficient (Wildman–Crippen LogP) is 2.44. The first kappa shape index (κ1) is 13.7. The number of nitrogens with zero attached hydrogens (tertiary/aromatic N) is 3. The molecule has 19 heavy (non-hydrogen) atoms. The van der Waals surface area contributed by atoms with Crippen molar-refractivity contribution in [3.63, 3.8) is 0 Å². The van der Waals surface area contributed by atoms with Crippen molar-refractivity contribution in [3.05, 3.63) is 46.8 Å². The molecule has 102 valence electrons. The summed E-state index contributed by atoms with van der Waals surface area (Å²) in [5.41, 5.74) is 4.95. The largest absolute Gasteiger partial charge is 0.311 e. The second-order valence-electron chi connectivity index (χ2n) is 4.95. The smallest absolute Gasteiger partial charge is 0.0964 e. The number of benzene rings is 1. The molecule has 0 bridgehead atoms. The molecule has 0 aliphatic heterocycles. The van der Waals surface area contributed by atoms with E-state index in [0.29, 0.717) is 0 Å². The molecule has 0 fully saturated rings. The summed E-state index contributed by atoms with van der Waals surface area (Å²) in [6.07, 6.45) is 3.16. The summed E-state index contributed by atoms with van der Waals surface area (Å²) in [7, 11) is 0. The molecule has 0 spiro atoms. The highest BCUT2D eigenvalue weighted by Gasteiger charge is 2.05. The van der Waals surface area contributed by atoms with Gasteiger partial charge in [0.1, 0.15) is 0 Å². The fraction of sp³-hybridized carbons (Fsp3) is 0.467. The molecule has 0 unspecified atom stereocenters. The van der Waals surface area contributed by atoms with Crippen molar-refractivity contribution in [2.75, 3.05) is 6.54 Å². The Labute approximate surface area is 114 Å². The van der Waals surface area contributed by atoms with Gasteiger partial charge >= 0.3 is 0 Å². The van der Waals surface area contributed by atoms with Gasteiger partial charge in [-0.3, -0.25) is 0 Å². The maximum atomic E-state index is 4.20. The van der Waals surface area contributed by atoms with Crippen LogP contribution in [0.5, 0.6) is 0 Å². The standard InChI is InChI=1S/C15H22N4/c1-4-8-16-9-14-10-19(18-17-14)11-15-12(2)6-5-7-13(15)3/h5-7,10,16H,4,8-9,11H2,1-3H3. The summed E-state index contributed by atoms with van der Waals surface area (Å²) in [4.78, 5) is 0. The third-order valence-corrected chi connectivity index (χ3v) is 3.28. The molecule has 0 saturated heterocycles. The number of rotatable bonds is 6. The third kappa shape index (κ3) is 3.64. The number of hydrogen-bond acceptors (Lipinski definition) is 3. The Balaban J connectivity index is 2.03. The Morgan fingerprint density at radius 2 is 1.95 bits per heavy atom. The van der Waals surface area contributed by atoms with Gasteiger partial charge in [-0.05, 0) is 43.5 Å². The van der Waals surface area contributed by atoms with E-state index in [1.54, 1.807) is 0 Å². The molecule has 4 nitrogen and oxygen atoms in total. The molecule has 2 aromatic rings. The molecule has 2 rings (SSSR count). The van der Waals surface area contributed by atoms with Gasteiger partial charge in [-0.1, -0.05) is 30.3 Å². The molecule has 0 saturated carbocycles. The van der Waals surface area contributed by atoms with E-state index in [1.807, 2.05) is 10.9 Å². The normalized spacial score (nSPS) is 10.9. The van der Waals surface area contributed by atoms with E-state index in [2.05, 4.69) is 54.6 Å². The van der Waals surface area contributed by atoms with Crippen LogP contribution < -0.4 is 5.32 Å². The highest BCUT2D eigenvalue weighted by molar-refractivity contribution is 5.33. The van der Waals surface area contributed by atoms with Crippen LogP contribution in [0.2, 0.25) is 0 Å². The molecular formula is C15H22N4. The number of aryl methyl sites for hydroxylation is 2. The highest BCUT2D eigenvalue weighted by atomic mass is 15.4. The van der Waals surface area contributed by atoms with E-state index in [4.69, 9.17) is 0 Å². The van der Waals surface area contributed by atoms with Crippen LogP contribution in [0.25, 0.3) is 0 Å². The van der Waals surface area contributed by atoms with Crippen LogP contribution in [-0.2, 0) is 13.1 Å². The van der Waals surface area contributed by atoms with Gasteiger partial charge in [0.15, 0.2) is 0 Å². The molecule has 0 atom stereocenters. The van der Waals surface area contributed by atoms with Crippen molar-refractivity contribution in [2.45, 2.75) is 40.3 Å². The van der Waals surface area contributed by atoms with Crippen LogP contribution in [-0.4, -0.2) is 21.5 Å². The van der Waals surface area contributed by atoms with Crippen molar-refractivity contribution in [1.29, 1.82) is 0 Å². The second-order valence-corrected chi connectivity index (χ2v) is 4.95. The molecule has 1 heterocycles. The Bertz CT molecular complexity index is 510. The lowest BCUT2D eigenvalue weighted by Crippen LogP contribution is -2.13. The number of hydrogen-bond donors (Lipinski definition) is 1. The average Bonchev–Trinajstić information content (AvgIpc) is 2.82. The minimum Gasteiger partial charge on any atom is -0.311 e. The quantitative estimate of drug-likeness (QED) is 0.809. The monoisotopic (exact) mass is 258 g/mol. The Morgan fingerprint density at radius 1 is 1.21 bits per heavy atom. The molecular weight excluding hydrogens is 236 g/mol. The second kappa shape index (κ2) is 6.48. The SMILES string of the molecule is CCCNCc1cn(Cc2c(C)cccc2C)nn1. The molecule has 4 heteroatoms. The summed E-state index contributed by atoms with van der Waals surface area (Å²) in [5.74, 6) is 0. The van der Waals surface area contributed by atoms with E-state index in [1.165, 1.54) is 16.7 Å². The molecule has 0 aliphatic carbocycles. The van der Waals surface area contributed by atoms with Crippen LogP contribution >= 0.6 is 0 Å². The van der Waals surface area contributed by atoms with Crippen molar-refractivity contribution in [3.8, 4) is 0 Å². The third-order valence-electron chi connectivity index (χ3n) is 3.28. The number of aromatic nitrogens is 3. The van der Waals surface area contributed by atoms with Crippen LogP contribution in [0.3, 0.4) is 0 Å². The Morgan fingerprint density at radius 3 is 2.63 bits per heavy atom. The van der Waals surface area contributed by atoms with Crippen molar-refractivity contribution in [2.24, 2.45) is 0 Å². The molecule has 0 radical (unpaired) electrons. The van der Waals surface area contributed by atoms with Gasteiger partial charge < -0.3 is 5.32 Å². The van der Waals surface area contributed by atoms with Crippen LogP contribution in [0.15, 0.2) is 24.4 Å². The van der Waals surface area contributed by atoms with Gasteiger partial charge in [-0.2, -0.15) is 0 Å². The molecule has 0 aliphatic rings. The fourth-order valence-electron chi connectivity index (χ4n) is 2.15. The molecule has 1 aromatic heterocycles. The summed E-state index contributed by atoms with van der Waals surface area (Å²) >= 11 is 0. The lowest BCUT2D eigenvalue weighted by molar-refractivity contribution is 0.641. The first-order chi connectivity index (χ1) is 9.20. The lowest BCUT2D eigenvalue weighted by atomic mass is 10.0. The van der Waals surface area contributed by atoms with E-state index < -0.39 is 0 Å². The molecule has 0 amide bonds. The van der Waals surface area contributed by atoms with E-state index >= 15 is 0 Å². The summed E-state index contributed by atoms with van der Waals surface area (Å²) in [5, 5.41) is 11.7. The minimum absolute atomic E-state index is 0.791. The Kier molecular flexibility index (Phi) is 4.68. The molecule has 1 aromatic carbocycles. The Hall–Kier alpha value is -1.68. The van der Waals surface area contributed by atoms with Crippen molar-refractivity contribution < 1.29 is 0 Å². The van der Waals surface area contributed by atoms with Gasteiger partial charge in [-0.15, -0.1) is 5.10 Å². The zero-order valence-corrected chi connectivity index (χ0v) is 12.0. The number of nitrogens with one attached hydrogen (secondary N) is 1. The van der Waals surface area contributed by atoms with Crippen LogP contribution in [0.4, 0.5) is 0 Å². The van der Waals surface area contributed by atoms with Gasteiger partial charge in [-0.25, -0.2) is 4.68 Å². The van der Waals surface area contributed by atoms with Crippen molar-refractivity contribution in [1.82, 2.24) is 20.3 Å². The van der Waals surface area contributed by atoms with Gasteiger partial charge in [0, 0.05) is 6.54 Å². The first-order valence-electron chi connectivity index (χ1n) is 6.85. The summed E-state index contributed by atoms with van der Waals surface area (Å²) in [6.45, 7) is 9.04. The van der Waals surface area contributed by atoms with Crippen molar-refractivity contribution >= 4 is 0 Å². The maximum Gasteiger partial charge on any atom is 0.0964 e. The topological polar surface area (TPSA) is 42.7 Å². The predicted molar refractivity (Wildman–Crippen MR) is 77.0 cm³/mol. The average molecular weight is 258 g/mol. The fourth-order valence-corrected chi connectivity index (χ4v) is 2.15. The van der Waals surface area contributed by atoms with Crippen LogP contribution in [0.1, 0.15) is 35.7 Å². The van der Waals surface area contributed by atoms with E-state index in [9.17, 15) is 0 Å². The maximum absolute atomic E-state index is 4.20.